The zero-order chi connectivity index (χ0) is 18.1. The van der Waals surface area contributed by atoms with Gasteiger partial charge in [-0.15, -0.1) is 0 Å². The Morgan fingerprint density at radius 3 is 2.08 bits per heavy atom. The first-order chi connectivity index (χ1) is 11.1. The second kappa shape index (κ2) is 7.03. The van der Waals surface area contributed by atoms with E-state index in [1.54, 1.807) is 0 Å². The Hall–Kier alpha value is -1.10. The third kappa shape index (κ3) is 4.11. The maximum absolute atomic E-state index is 11.0. The van der Waals surface area contributed by atoms with Crippen LogP contribution >= 0.6 is 0 Å². The SMILES string of the molecule is CC(C)(C)c1cc([C@@H](CO)N2CCNCC2)c(O)c(C(C)(C)C)c1. The molecule has 0 radical (unpaired) electrons. The van der Waals surface area contributed by atoms with E-state index in [4.69, 9.17) is 0 Å². The molecule has 0 unspecified atom stereocenters. The molecular weight excluding hydrogens is 300 g/mol. The van der Waals surface area contributed by atoms with Gasteiger partial charge in [-0.2, -0.15) is 0 Å². The van der Waals surface area contributed by atoms with E-state index in [1.165, 1.54) is 5.56 Å². The molecular formula is C20H34N2O2. The summed E-state index contributed by atoms with van der Waals surface area (Å²) in [5.41, 5.74) is 2.86. The first-order valence-electron chi connectivity index (χ1n) is 8.99. The van der Waals surface area contributed by atoms with Crippen molar-refractivity contribution < 1.29 is 10.2 Å². The molecule has 0 amide bonds. The van der Waals surface area contributed by atoms with E-state index in [2.05, 4.69) is 63.9 Å². The third-order valence-corrected chi connectivity index (χ3v) is 4.94. The minimum absolute atomic E-state index is 0.00803. The van der Waals surface area contributed by atoms with Crippen LogP contribution in [-0.2, 0) is 10.8 Å². The van der Waals surface area contributed by atoms with Gasteiger partial charge in [-0.05, 0) is 28.0 Å². The average Bonchev–Trinajstić information content (AvgIpc) is 2.48. The minimum Gasteiger partial charge on any atom is -0.507 e. The van der Waals surface area contributed by atoms with Gasteiger partial charge in [-0.1, -0.05) is 47.6 Å². The van der Waals surface area contributed by atoms with Crippen molar-refractivity contribution in [1.29, 1.82) is 0 Å². The maximum Gasteiger partial charge on any atom is 0.124 e. The summed E-state index contributed by atoms with van der Waals surface area (Å²) in [6.07, 6.45) is 0. The van der Waals surface area contributed by atoms with Crippen LogP contribution in [0.4, 0.5) is 0 Å². The Kier molecular flexibility index (Phi) is 5.63. The molecule has 24 heavy (non-hydrogen) atoms. The summed E-state index contributed by atoms with van der Waals surface area (Å²) in [6.45, 7) is 16.6. The Labute approximate surface area is 146 Å². The molecule has 1 atom stereocenters. The number of piperazine rings is 1. The lowest BCUT2D eigenvalue weighted by Crippen LogP contribution is -2.46. The van der Waals surface area contributed by atoms with Crippen molar-refractivity contribution in [2.75, 3.05) is 32.8 Å². The second-order valence-electron chi connectivity index (χ2n) is 8.95. The predicted molar refractivity (Wildman–Crippen MR) is 99.8 cm³/mol. The molecule has 1 saturated heterocycles. The zero-order valence-electron chi connectivity index (χ0n) is 16.1. The number of nitrogens with one attached hydrogen (secondary N) is 1. The number of hydrogen-bond acceptors (Lipinski definition) is 4. The maximum atomic E-state index is 11.0. The standard InChI is InChI=1S/C20H34N2O2/c1-19(2,3)14-11-15(18(24)16(12-14)20(4,5)6)17(13-23)22-9-7-21-8-10-22/h11-12,17,21,23-24H,7-10,13H2,1-6H3/t17-/m1/s1. The normalized spacial score (nSPS) is 18.6. The van der Waals surface area contributed by atoms with Crippen LogP contribution < -0.4 is 5.32 Å². The lowest BCUT2D eigenvalue weighted by atomic mass is 9.78. The number of phenols is 1. The molecule has 4 heteroatoms. The molecule has 1 aromatic carbocycles. The molecule has 3 N–H and O–H groups in total. The smallest absolute Gasteiger partial charge is 0.124 e. The number of hydrogen-bond donors (Lipinski definition) is 3. The summed E-state index contributed by atoms with van der Waals surface area (Å²) >= 11 is 0. The molecule has 0 saturated carbocycles. The van der Waals surface area contributed by atoms with Gasteiger partial charge in [0.2, 0.25) is 0 Å². The van der Waals surface area contributed by atoms with Crippen molar-refractivity contribution in [3.05, 3.63) is 28.8 Å². The average molecular weight is 335 g/mol. The van der Waals surface area contributed by atoms with Gasteiger partial charge in [0, 0.05) is 31.7 Å². The van der Waals surface area contributed by atoms with Gasteiger partial charge in [-0.25, -0.2) is 0 Å². The van der Waals surface area contributed by atoms with Gasteiger partial charge in [0.05, 0.1) is 12.6 Å². The van der Waals surface area contributed by atoms with Crippen molar-refractivity contribution >= 4 is 0 Å². The van der Waals surface area contributed by atoms with Gasteiger partial charge < -0.3 is 15.5 Å². The molecule has 0 spiro atoms. The highest BCUT2D eigenvalue weighted by molar-refractivity contribution is 5.50. The van der Waals surface area contributed by atoms with Crippen LogP contribution in [0, 0.1) is 0 Å². The minimum atomic E-state index is -0.157. The molecule has 2 rings (SSSR count). The summed E-state index contributed by atoms with van der Waals surface area (Å²) in [7, 11) is 0. The van der Waals surface area contributed by atoms with Gasteiger partial charge >= 0.3 is 0 Å². The van der Waals surface area contributed by atoms with Gasteiger partial charge in [0.25, 0.3) is 0 Å². The molecule has 0 bridgehead atoms. The second-order valence-corrected chi connectivity index (χ2v) is 8.95. The summed E-state index contributed by atoms with van der Waals surface area (Å²) in [5, 5.41) is 24.4. The summed E-state index contributed by atoms with van der Waals surface area (Å²) < 4.78 is 0. The van der Waals surface area contributed by atoms with Crippen LogP contribution in [0.25, 0.3) is 0 Å². The van der Waals surface area contributed by atoms with Crippen LogP contribution in [0.15, 0.2) is 12.1 Å². The van der Waals surface area contributed by atoms with E-state index >= 15 is 0 Å². The Morgan fingerprint density at radius 2 is 1.62 bits per heavy atom. The first kappa shape index (κ1) is 19.2. The van der Waals surface area contributed by atoms with Gasteiger partial charge in [0.1, 0.15) is 5.75 Å². The third-order valence-electron chi connectivity index (χ3n) is 4.94. The van der Waals surface area contributed by atoms with Crippen LogP contribution in [0.1, 0.15) is 64.3 Å². The van der Waals surface area contributed by atoms with E-state index in [0.717, 1.165) is 37.3 Å². The Bertz CT molecular complexity index is 564. The summed E-state index contributed by atoms with van der Waals surface area (Å²) in [6, 6.07) is 4.06. The van der Waals surface area contributed by atoms with Crippen molar-refractivity contribution in [1.82, 2.24) is 10.2 Å². The number of rotatable bonds is 3. The number of aromatic hydroxyl groups is 1. The van der Waals surface area contributed by atoms with E-state index in [9.17, 15) is 10.2 Å². The summed E-state index contributed by atoms with van der Waals surface area (Å²) in [4.78, 5) is 2.27. The highest BCUT2D eigenvalue weighted by Gasteiger charge is 2.30. The number of benzene rings is 1. The Balaban J connectivity index is 2.57. The summed E-state index contributed by atoms with van der Waals surface area (Å²) in [5.74, 6) is 0.341. The predicted octanol–water partition coefficient (Wildman–Crippen LogP) is 2.93. The van der Waals surface area contributed by atoms with Crippen LogP contribution in [0.2, 0.25) is 0 Å². The highest BCUT2D eigenvalue weighted by atomic mass is 16.3. The molecule has 1 fully saturated rings. The lowest BCUT2D eigenvalue weighted by Gasteiger charge is -2.36. The topological polar surface area (TPSA) is 55.7 Å². The molecule has 1 heterocycles. The molecule has 4 nitrogen and oxygen atoms in total. The van der Waals surface area contributed by atoms with E-state index in [1.807, 2.05) is 0 Å². The van der Waals surface area contributed by atoms with Crippen LogP contribution in [-0.4, -0.2) is 47.9 Å². The number of aliphatic hydroxyl groups is 1. The van der Waals surface area contributed by atoms with E-state index in [-0.39, 0.29) is 23.5 Å². The number of phenolic OH excluding ortho intramolecular Hbond substituents is 1. The molecule has 1 aliphatic heterocycles. The fourth-order valence-electron chi connectivity index (χ4n) is 3.32. The van der Waals surface area contributed by atoms with Gasteiger partial charge in [0.15, 0.2) is 0 Å². The van der Waals surface area contributed by atoms with E-state index < -0.39 is 0 Å². The monoisotopic (exact) mass is 334 g/mol. The molecule has 0 aliphatic carbocycles. The quantitative estimate of drug-likeness (QED) is 0.795. The fraction of sp³-hybridized carbons (Fsp3) is 0.700. The number of aliphatic hydroxyl groups excluding tert-OH is 1. The van der Waals surface area contributed by atoms with Crippen molar-refractivity contribution in [2.24, 2.45) is 0 Å². The van der Waals surface area contributed by atoms with Crippen molar-refractivity contribution in [3.63, 3.8) is 0 Å². The lowest BCUT2D eigenvalue weighted by molar-refractivity contribution is 0.108. The van der Waals surface area contributed by atoms with Crippen LogP contribution in [0.3, 0.4) is 0 Å². The highest BCUT2D eigenvalue weighted by Crippen LogP contribution is 2.41. The van der Waals surface area contributed by atoms with E-state index in [0.29, 0.717) is 5.75 Å². The van der Waals surface area contributed by atoms with Crippen LogP contribution in [0.5, 0.6) is 5.75 Å². The number of nitrogens with zero attached hydrogens (tertiary/aromatic N) is 1. The van der Waals surface area contributed by atoms with Crippen molar-refractivity contribution in [2.45, 2.75) is 58.4 Å². The van der Waals surface area contributed by atoms with Crippen molar-refractivity contribution in [3.8, 4) is 5.75 Å². The Morgan fingerprint density at radius 1 is 1.04 bits per heavy atom. The zero-order valence-corrected chi connectivity index (χ0v) is 16.1. The largest absolute Gasteiger partial charge is 0.507 e. The molecule has 1 aliphatic rings. The van der Waals surface area contributed by atoms with Gasteiger partial charge in [-0.3, -0.25) is 4.90 Å². The molecule has 1 aromatic rings. The first-order valence-corrected chi connectivity index (χ1v) is 8.99. The molecule has 136 valence electrons. The fourth-order valence-corrected chi connectivity index (χ4v) is 3.32. The molecule has 0 aromatic heterocycles.